The smallest absolute Gasteiger partial charge is 0.252 e. The first-order chi connectivity index (χ1) is 15.5. The number of carbonyl (C=O) groups excluding carboxylic acids is 1. The van der Waals surface area contributed by atoms with Crippen LogP contribution in [0.1, 0.15) is 11.3 Å². The van der Waals surface area contributed by atoms with E-state index in [1.165, 1.54) is 29.5 Å². The quantitative estimate of drug-likeness (QED) is 0.311. The Morgan fingerprint density at radius 3 is 2.62 bits per heavy atom. The summed E-state index contributed by atoms with van der Waals surface area (Å²) in [6, 6.07) is 17.2. The van der Waals surface area contributed by atoms with Crippen molar-refractivity contribution < 1.29 is 9.18 Å². The molecule has 2 heterocycles. The second-order valence-electron chi connectivity index (χ2n) is 6.93. The lowest BCUT2D eigenvalue weighted by Crippen LogP contribution is -2.24. The largest absolute Gasteiger partial charge is 0.351 e. The lowest BCUT2D eigenvalue weighted by molar-refractivity contribution is -0.118. The van der Waals surface area contributed by atoms with Crippen LogP contribution in [0.2, 0.25) is 0 Å². The molecular weight excluding hydrogens is 447 g/mol. The van der Waals surface area contributed by atoms with Gasteiger partial charge in [-0.25, -0.2) is 14.4 Å². The van der Waals surface area contributed by atoms with E-state index in [-0.39, 0.29) is 23.0 Å². The van der Waals surface area contributed by atoms with Crippen LogP contribution < -0.4 is 10.9 Å². The highest BCUT2D eigenvalue weighted by atomic mass is 32.2. The molecule has 0 fully saturated rings. The van der Waals surface area contributed by atoms with Gasteiger partial charge in [-0.15, -0.1) is 11.3 Å². The molecule has 0 saturated heterocycles. The summed E-state index contributed by atoms with van der Waals surface area (Å²) in [7, 11) is 0. The van der Waals surface area contributed by atoms with Gasteiger partial charge in [-0.2, -0.15) is 0 Å². The summed E-state index contributed by atoms with van der Waals surface area (Å²) in [5.74, 6) is -0.449. The minimum atomic E-state index is -0.322. The van der Waals surface area contributed by atoms with Gasteiger partial charge in [0.05, 0.1) is 22.0 Å². The van der Waals surface area contributed by atoms with Gasteiger partial charge in [0.2, 0.25) is 5.91 Å². The van der Waals surface area contributed by atoms with Crippen LogP contribution in [0.4, 0.5) is 4.39 Å². The zero-order chi connectivity index (χ0) is 22.5. The summed E-state index contributed by atoms with van der Waals surface area (Å²) in [6.45, 7) is 2.18. The first kappa shape index (κ1) is 21.9. The van der Waals surface area contributed by atoms with Gasteiger partial charge in [0.15, 0.2) is 5.16 Å². The number of aromatic amines is 1. The maximum absolute atomic E-state index is 13.0. The van der Waals surface area contributed by atoms with Crippen LogP contribution in [0, 0.1) is 12.7 Å². The second kappa shape index (κ2) is 9.88. The number of halogens is 1. The normalized spacial score (nSPS) is 10.8. The van der Waals surface area contributed by atoms with Gasteiger partial charge in [-0.3, -0.25) is 9.59 Å². The molecule has 0 saturated carbocycles. The van der Waals surface area contributed by atoms with Crippen molar-refractivity contribution in [2.75, 3.05) is 5.75 Å². The maximum Gasteiger partial charge on any atom is 0.252 e. The van der Waals surface area contributed by atoms with Crippen LogP contribution >= 0.6 is 23.1 Å². The number of hydrogen-bond acceptors (Lipinski definition) is 6. The Hall–Kier alpha value is -3.30. The molecule has 0 aliphatic heterocycles. The Kier molecular flexibility index (Phi) is 6.77. The van der Waals surface area contributed by atoms with Crippen LogP contribution in [0.25, 0.3) is 21.1 Å². The summed E-state index contributed by atoms with van der Waals surface area (Å²) >= 11 is 2.62. The third-order valence-electron chi connectivity index (χ3n) is 4.51. The zero-order valence-electron chi connectivity index (χ0n) is 17.1. The highest BCUT2D eigenvalue weighted by Gasteiger charge is 2.14. The fourth-order valence-corrected chi connectivity index (χ4v) is 4.68. The Morgan fingerprint density at radius 2 is 1.88 bits per heavy atom. The van der Waals surface area contributed by atoms with Gasteiger partial charge in [-0.1, -0.05) is 54.2 Å². The molecule has 4 rings (SSSR count). The van der Waals surface area contributed by atoms with Gasteiger partial charge in [0.25, 0.3) is 5.56 Å². The fraction of sp³-hybridized carbons (Fsp3) is 0.130. The maximum atomic E-state index is 13.0. The average Bonchev–Trinajstić information content (AvgIpc) is 3.19. The lowest BCUT2D eigenvalue weighted by Gasteiger charge is -2.06. The van der Waals surface area contributed by atoms with Crippen LogP contribution in [0.3, 0.4) is 0 Å². The third-order valence-corrected chi connectivity index (χ3v) is 6.62. The van der Waals surface area contributed by atoms with E-state index in [4.69, 9.17) is 0 Å². The highest BCUT2D eigenvalue weighted by Crippen LogP contribution is 2.34. The van der Waals surface area contributed by atoms with Crippen LogP contribution in [-0.4, -0.2) is 26.6 Å². The second-order valence-corrected chi connectivity index (χ2v) is 8.89. The van der Waals surface area contributed by atoms with Gasteiger partial charge >= 0.3 is 0 Å². The minimum absolute atomic E-state index is 0.0878. The SMILES string of the molecule is Cc1nc(-c2ccccc2)sc1-c1cc(=O)[nH]c(SCC(=O)NCc2ccc(F)cc2)n1. The minimum Gasteiger partial charge on any atom is -0.351 e. The zero-order valence-corrected chi connectivity index (χ0v) is 18.7. The number of aryl methyl sites for hydroxylation is 1. The van der Waals surface area contributed by atoms with E-state index in [0.29, 0.717) is 17.4 Å². The van der Waals surface area contributed by atoms with Gasteiger partial charge in [-0.05, 0) is 24.6 Å². The van der Waals surface area contributed by atoms with E-state index in [2.05, 4.69) is 20.3 Å². The van der Waals surface area contributed by atoms with Crippen LogP contribution in [0.15, 0.2) is 70.6 Å². The number of amides is 1. The molecule has 0 aliphatic rings. The van der Waals surface area contributed by atoms with Crippen molar-refractivity contribution in [3.8, 4) is 21.1 Å². The number of benzene rings is 2. The summed E-state index contributed by atoms with van der Waals surface area (Å²) in [5, 5.41) is 3.99. The Morgan fingerprint density at radius 1 is 1.12 bits per heavy atom. The summed E-state index contributed by atoms with van der Waals surface area (Å²) < 4.78 is 13.0. The first-order valence-corrected chi connectivity index (χ1v) is 11.6. The molecule has 6 nitrogen and oxygen atoms in total. The monoisotopic (exact) mass is 466 g/mol. The molecule has 0 spiro atoms. The van der Waals surface area contributed by atoms with Crippen molar-refractivity contribution in [3.05, 3.63) is 88.1 Å². The number of thiazole rings is 1. The molecule has 162 valence electrons. The first-order valence-electron chi connectivity index (χ1n) is 9.76. The van der Waals surface area contributed by atoms with Crippen molar-refractivity contribution in [3.63, 3.8) is 0 Å². The van der Waals surface area contributed by atoms with E-state index in [9.17, 15) is 14.0 Å². The molecule has 2 aromatic heterocycles. The number of rotatable bonds is 7. The van der Waals surface area contributed by atoms with Crippen LogP contribution in [0.5, 0.6) is 0 Å². The molecule has 2 N–H and O–H groups in total. The van der Waals surface area contributed by atoms with Crippen molar-refractivity contribution in [1.82, 2.24) is 20.3 Å². The molecule has 0 atom stereocenters. The summed E-state index contributed by atoms with van der Waals surface area (Å²) in [5.41, 5.74) is 2.83. The standard InChI is InChI=1S/C23H19FN4O2S2/c1-14-21(32-22(26-14)16-5-3-2-4-6-16)18-11-19(29)28-23(27-18)31-13-20(30)25-12-15-7-9-17(24)10-8-15/h2-11H,12-13H2,1H3,(H,25,30)(H,27,28,29). The van der Waals surface area contributed by atoms with Crippen molar-refractivity contribution >= 4 is 29.0 Å². The van der Waals surface area contributed by atoms with E-state index < -0.39 is 0 Å². The number of thioether (sulfide) groups is 1. The third kappa shape index (κ3) is 5.49. The van der Waals surface area contributed by atoms with Gasteiger partial charge in [0.1, 0.15) is 10.8 Å². The van der Waals surface area contributed by atoms with Crippen molar-refractivity contribution in [1.29, 1.82) is 0 Å². The molecule has 0 radical (unpaired) electrons. The summed E-state index contributed by atoms with van der Waals surface area (Å²) in [6.07, 6.45) is 0. The molecule has 2 aromatic carbocycles. The Bertz CT molecular complexity index is 1290. The van der Waals surface area contributed by atoms with E-state index in [1.807, 2.05) is 37.3 Å². The van der Waals surface area contributed by atoms with E-state index >= 15 is 0 Å². The molecule has 0 unspecified atom stereocenters. The van der Waals surface area contributed by atoms with E-state index in [1.54, 1.807) is 12.1 Å². The molecule has 9 heteroatoms. The average molecular weight is 467 g/mol. The predicted octanol–water partition coefficient (Wildman–Crippen LogP) is 4.42. The molecular formula is C23H19FN4O2S2. The Balaban J connectivity index is 1.44. The molecule has 0 bridgehead atoms. The number of nitrogens with one attached hydrogen (secondary N) is 2. The number of nitrogens with zero attached hydrogens (tertiary/aromatic N) is 2. The molecule has 4 aromatic rings. The predicted molar refractivity (Wildman–Crippen MR) is 125 cm³/mol. The topological polar surface area (TPSA) is 87.7 Å². The number of carbonyl (C=O) groups is 1. The van der Waals surface area contributed by atoms with Gasteiger partial charge in [0, 0.05) is 18.2 Å². The van der Waals surface area contributed by atoms with Crippen LogP contribution in [-0.2, 0) is 11.3 Å². The highest BCUT2D eigenvalue weighted by molar-refractivity contribution is 7.99. The number of aromatic nitrogens is 3. The van der Waals surface area contributed by atoms with Crippen molar-refractivity contribution in [2.24, 2.45) is 0 Å². The van der Waals surface area contributed by atoms with Gasteiger partial charge < -0.3 is 10.3 Å². The lowest BCUT2D eigenvalue weighted by atomic mass is 10.2. The van der Waals surface area contributed by atoms with Crippen molar-refractivity contribution in [2.45, 2.75) is 18.6 Å². The molecule has 32 heavy (non-hydrogen) atoms. The number of H-pyrrole nitrogens is 1. The summed E-state index contributed by atoms with van der Waals surface area (Å²) in [4.78, 5) is 37.0. The Labute approximate surface area is 192 Å². The molecule has 0 aliphatic carbocycles. The van der Waals surface area contributed by atoms with E-state index in [0.717, 1.165) is 38.5 Å². The molecule has 1 amide bonds. The fourth-order valence-electron chi connectivity index (χ4n) is 2.95. The number of hydrogen-bond donors (Lipinski definition) is 2.